The van der Waals surface area contributed by atoms with Gasteiger partial charge in [-0.2, -0.15) is 0 Å². The molecule has 4 aromatic rings. The van der Waals surface area contributed by atoms with E-state index in [1.54, 1.807) is 0 Å². The van der Waals surface area contributed by atoms with Crippen LogP contribution in [-0.2, 0) is 18.3 Å². The van der Waals surface area contributed by atoms with E-state index in [1.165, 1.54) is 16.9 Å². The van der Waals surface area contributed by atoms with E-state index in [4.69, 9.17) is 23.2 Å². The second-order valence-electron chi connectivity index (χ2n) is 7.22. The fourth-order valence-electron chi connectivity index (χ4n) is 3.66. The van der Waals surface area contributed by atoms with Crippen molar-refractivity contribution in [2.45, 2.75) is 18.3 Å². The Labute approximate surface area is 188 Å². The highest BCUT2D eigenvalue weighted by Gasteiger charge is 2.12. The summed E-state index contributed by atoms with van der Waals surface area (Å²) in [6.45, 7) is 0.771. The molecule has 0 aliphatic heterocycles. The first-order valence-electron chi connectivity index (χ1n) is 9.99. The first-order chi connectivity index (χ1) is 14.8. The molecule has 0 aliphatic carbocycles. The van der Waals surface area contributed by atoms with Crippen molar-refractivity contribution in [2.75, 3.05) is 4.90 Å². The lowest BCUT2D eigenvalue weighted by Crippen LogP contribution is -2.16. The predicted molar refractivity (Wildman–Crippen MR) is 130 cm³/mol. The van der Waals surface area contributed by atoms with Crippen LogP contribution in [0.4, 0.5) is 11.4 Å². The lowest BCUT2D eigenvalue weighted by atomic mass is 9.97. The van der Waals surface area contributed by atoms with Crippen molar-refractivity contribution in [3.05, 3.63) is 120 Å². The van der Waals surface area contributed by atoms with Gasteiger partial charge in [-0.1, -0.05) is 66.7 Å². The van der Waals surface area contributed by atoms with Crippen molar-refractivity contribution in [2.24, 2.45) is 0 Å². The number of halogens is 2. The van der Waals surface area contributed by atoms with Gasteiger partial charge in [-0.25, -0.2) is 0 Å². The number of benzene rings is 4. The van der Waals surface area contributed by atoms with Crippen LogP contribution in [0.3, 0.4) is 0 Å². The van der Waals surface area contributed by atoms with Gasteiger partial charge >= 0.3 is 0 Å². The molecule has 1 nitrogen and oxygen atoms in total. The Morgan fingerprint density at radius 1 is 0.567 bits per heavy atom. The first-order valence-corrected chi connectivity index (χ1v) is 11.1. The molecule has 4 aromatic carbocycles. The quantitative estimate of drug-likeness (QED) is 0.266. The van der Waals surface area contributed by atoms with Crippen LogP contribution < -0.4 is 4.90 Å². The topological polar surface area (TPSA) is 3.24 Å². The number of para-hydroxylation sites is 2. The summed E-state index contributed by atoms with van der Waals surface area (Å²) in [6, 6.07) is 35.9. The highest BCUT2D eigenvalue weighted by Crippen LogP contribution is 2.31. The van der Waals surface area contributed by atoms with Gasteiger partial charge in [0.15, 0.2) is 0 Å². The molecular weight excluding hydrogens is 409 g/mol. The van der Waals surface area contributed by atoms with E-state index in [2.05, 4.69) is 89.8 Å². The second-order valence-corrected chi connectivity index (χ2v) is 7.75. The molecular formula is C27H23Cl2N. The lowest BCUT2D eigenvalue weighted by Gasteiger charge is -2.25. The van der Waals surface area contributed by atoms with Gasteiger partial charge in [-0.15, -0.1) is 23.2 Å². The monoisotopic (exact) mass is 431 g/mol. The molecule has 4 rings (SSSR count). The zero-order chi connectivity index (χ0) is 20.8. The molecule has 0 bridgehead atoms. The summed E-state index contributed by atoms with van der Waals surface area (Å²) in [5.41, 5.74) is 8.09. The third kappa shape index (κ3) is 4.70. The number of nitrogens with zero attached hydrogens (tertiary/aromatic N) is 1. The van der Waals surface area contributed by atoms with E-state index >= 15 is 0 Å². The predicted octanol–water partition coefficient (Wildman–Crippen LogP) is 8.17. The standard InChI is InChI=1S/C27H23Cl2N/c28-18-21-14-15-24(19-29)27(17-21)23-9-7-8-22(16-23)20-30(25-10-3-1-4-11-25)26-12-5-2-6-13-26/h1-17H,18-20H2. The average molecular weight is 432 g/mol. The third-order valence-corrected chi connectivity index (χ3v) is 5.78. The molecule has 0 amide bonds. The molecule has 0 heterocycles. The SMILES string of the molecule is ClCc1ccc(CCl)c(-c2cccc(CN(c3ccccc3)c3ccccc3)c2)c1. The maximum Gasteiger partial charge on any atom is 0.0481 e. The number of hydrogen-bond acceptors (Lipinski definition) is 1. The van der Waals surface area contributed by atoms with Gasteiger partial charge in [0.05, 0.1) is 0 Å². The lowest BCUT2D eigenvalue weighted by molar-refractivity contribution is 0.976. The van der Waals surface area contributed by atoms with Gasteiger partial charge in [0, 0.05) is 29.7 Å². The number of rotatable bonds is 7. The number of hydrogen-bond donors (Lipinski definition) is 0. The minimum Gasteiger partial charge on any atom is -0.337 e. The first kappa shape index (κ1) is 20.5. The van der Waals surface area contributed by atoms with Crippen molar-refractivity contribution in [1.29, 1.82) is 0 Å². The summed E-state index contributed by atoms with van der Waals surface area (Å²) < 4.78 is 0. The minimum absolute atomic E-state index is 0.474. The number of anilines is 2. The Kier molecular flexibility index (Phi) is 6.74. The van der Waals surface area contributed by atoms with E-state index < -0.39 is 0 Å². The summed E-state index contributed by atoms with van der Waals surface area (Å²) >= 11 is 12.3. The van der Waals surface area contributed by atoms with Crippen LogP contribution in [0, 0.1) is 0 Å². The van der Waals surface area contributed by atoms with Crippen molar-refractivity contribution in [1.82, 2.24) is 0 Å². The summed E-state index contributed by atoms with van der Waals surface area (Å²) in [5.74, 6) is 0.966. The molecule has 150 valence electrons. The molecule has 0 spiro atoms. The molecule has 0 atom stereocenters. The maximum atomic E-state index is 6.22. The van der Waals surface area contributed by atoms with E-state index in [0.717, 1.165) is 28.8 Å². The van der Waals surface area contributed by atoms with Crippen LogP contribution in [0.5, 0.6) is 0 Å². The Balaban J connectivity index is 1.71. The van der Waals surface area contributed by atoms with Crippen LogP contribution in [0.1, 0.15) is 16.7 Å². The van der Waals surface area contributed by atoms with Crippen molar-refractivity contribution >= 4 is 34.6 Å². The molecule has 0 radical (unpaired) electrons. The molecule has 0 fully saturated rings. The van der Waals surface area contributed by atoms with Gasteiger partial charge in [0.2, 0.25) is 0 Å². The van der Waals surface area contributed by atoms with Crippen molar-refractivity contribution < 1.29 is 0 Å². The van der Waals surface area contributed by atoms with Crippen molar-refractivity contribution in [3.8, 4) is 11.1 Å². The highest BCUT2D eigenvalue weighted by molar-refractivity contribution is 6.18. The molecule has 3 heteroatoms. The van der Waals surface area contributed by atoms with E-state index in [0.29, 0.717) is 11.8 Å². The van der Waals surface area contributed by atoms with Gasteiger partial charge in [0.1, 0.15) is 0 Å². The molecule has 0 unspecified atom stereocenters. The van der Waals surface area contributed by atoms with Crippen LogP contribution in [0.15, 0.2) is 103 Å². The zero-order valence-corrected chi connectivity index (χ0v) is 18.2. The molecule has 0 saturated heterocycles. The Morgan fingerprint density at radius 3 is 1.83 bits per heavy atom. The Morgan fingerprint density at radius 2 is 1.23 bits per heavy atom. The molecule has 0 aromatic heterocycles. The Bertz CT molecular complexity index is 1050. The summed E-state index contributed by atoms with van der Waals surface area (Å²) in [4.78, 5) is 2.33. The van der Waals surface area contributed by atoms with E-state index in [1.807, 2.05) is 18.2 Å². The van der Waals surface area contributed by atoms with Crippen LogP contribution in [0.25, 0.3) is 11.1 Å². The van der Waals surface area contributed by atoms with E-state index in [9.17, 15) is 0 Å². The fourth-order valence-corrected chi connectivity index (χ4v) is 4.06. The summed E-state index contributed by atoms with van der Waals surface area (Å²) in [7, 11) is 0. The molecule has 0 N–H and O–H groups in total. The van der Waals surface area contributed by atoms with Gasteiger partial charge in [0.25, 0.3) is 0 Å². The van der Waals surface area contributed by atoms with Gasteiger partial charge in [-0.3, -0.25) is 0 Å². The van der Waals surface area contributed by atoms with Gasteiger partial charge < -0.3 is 4.90 Å². The highest BCUT2D eigenvalue weighted by atomic mass is 35.5. The smallest absolute Gasteiger partial charge is 0.0481 e. The van der Waals surface area contributed by atoms with E-state index in [-0.39, 0.29) is 0 Å². The maximum absolute atomic E-state index is 6.22. The summed E-state index contributed by atoms with van der Waals surface area (Å²) in [6.07, 6.45) is 0. The second kappa shape index (κ2) is 9.84. The van der Waals surface area contributed by atoms with Crippen molar-refractivity contribution in [3.63, 3.8) is 0 Å². The normalized spacial score (nSPS) is 10.7. The average Bonchev–Trinajstić information content (AvgIpc) is 2.83. The molecule has 0 saturated carbocycles. The largest absolute Gasteiger partial charge is 0.337 e. The fraction of sp³-hybridized carbons (Fsp3) is 0.111. The van der Waals surface area contributed by atoms with Gasteiger partial charge in [-0.05, 0) is 64.2 Å². The van der Waals surface area contributed by atoms with Crippen LogP contribution in [-0.4, -0.2) is 0 Å². The zero-order valence-electron chi connectivity index (χ0n) is 16.6. The van der Waals surface area contributed by atoms with Crippen LogP contribution in [0.2, 0.25) is 0 Å². The Hall–Kier alpha value is -2.74. The molecule has 30 heavy (non-hydrogen) atoms. The number of alkyl halides is 2. The summed E-state index contributed by atoms with van der Waals surface area (Å²) in [5, 5.41) is 0. The third-order valence-electron chi connectivity index (χ3n) is 5.19. The van der Waals surface area contributed by atoms with Crippen LogP contribution >= 0.6 is 23.2 Å². The minimum atomic E-state index is 0.474. The molecule has 0 aliphatic rings.